The average molecular weight is 235 g/mol. The first kappa shape index (κ1) is 11.9. The van der Waals surface area contributed by atoms with E-state index in [0.717, 1.165) is 11.1 Å². The fraction of sp³-hybridized carbons (Fsp3) is 0.462. The number of alkyl carbamates (subject to hydrolysis) is 1. The monoisotopic (exact) mass is 235 g/mol. The molecule has 0 aliphatic heterocycles. The molecular weight excluding hydrogens is 218 g/mol. The van der Waals surface area contributed by atoms with Gasteiger partial charge < -0.3 is 15.2 Å². The fourth-order valence-corrected chi connectivity index (χ4v) is 2.12. The Morgan fingerprint density at radius 3 is 2.88 bits per heavy atom. The molecule has 17 heavy (non-hydrogen) atoms. The first-order valence-electron chi connectivity index (χ1n) is 5.81. The lowest BCUT2D eigenvalue weighted by molar-refractivity contribution is 0.0939. The van der Waals surface area contributed by atoms with Gasteiger partial charge in [-0.15, -0.1) is 0 Å². The lowest BCUT2D eigenvalue weighted by atomic mass is 10.1. The Bertz CT molecular complexity index is 417. The van der Waals surface area contributed by atoms with Crippen LogP contribution in [0.2, 0.25) is 0 Å². The molecule has 1 amide bonds. The molecule has 1 aromatic rings. The molecule has 0 unspecified atom stereocenters. The van der Waals surface area contributed by atoms with Crippen molar-refractivity contribution in [2.24, 2.45) is 0 Å². The number of aliphatic hydroxyl groups is 1. The van der Waals surface area contributed by atoms with Crippen molar-refractivity contribution >= 4 is 6.09 Å². The Kier molecular flexibility index (Phi) is 3.33. The molecule has 0 radical (unpaired) electrons. The fourth-order valence-electron chi connectivity index (χ4n) is 2.12. The summed E-state index contributed by atoms with van der Waals surface area (Å²) in [4.78, 5) is 11.5. The Labute approximate surface area is 101 Å². The summed E-state index contributed by atoms with van der Waals surface area (Å²) in [5.74, 6) is 0. The molecule has 0 fully saturated rings. The lowest BCUT2D eigenvalue weighted by Gasteiger charge is -2.18. The standard InChI is InChI=1S/C13H17NO3/c1-8(2)17-13(16)14-12-10-6-4-3-5-9(10)7-11(12)15/h3-6,8,11-12,15H,7H2,1-2H3,(H,14,16)/t11-,12+/m0/s1. The molecule has 0 saturated carbocycles. The van der Waals surface area contributed by atoms with Crippen molar-refractivity contribution < 1.29 is 14.6 Å². The van der Waals surface area contributed by atoms with Crippen molar-refractivity contribution in [3.05, 3.63) is 35.4 Å². The number of benzene rings is 1. The van der Waals surface area contributed by atoms with Gasteiger partial charge in [0.2, 0.25) is 0 Å². The van der Waals surface area contributed by atoms with E-state index < -0.39 is 12.2 Å². The quantitative estimate of drug-likeness (QED) is 0.821. The maximum Gasteiger partial charge on any atom is 0.407 e. The highest BCUT2D eigenvalue weighted by Gasteiger charge is 2.32. The van der Waals surface area contributed by atoms with Crippen LogP contribution >= 0.6 is 0 Å². The Morgan fingerprint density at radius 2 is 2.18 bits per heavy atom. The number of hydrogen-bond acceptors (Lipinski definition) is 3. The van der Waals surface area contributed by atoms with Crippen LogP contribution in [0.3, 0.4) is 0 Å². The van der Waals surface area contributed by atoms with Gasteiger partial charge in [0.05, 0.1) is 18.2 Å². The predicted octanol–water partition coefficient (Wildman–Crippen LogP) is 1.78. The van der Waals surface area contributed by atoms with E-state index in [1.807, 2.05) is 24.3 Å². The molecular formula is C13H17NO3. The van der Waals surface area contributed by atoms with Gasteiger partial charge in [0.1, 0.15) is 0 Å². The van der Waals surface area contributed by atoms with Crippen LogP contribution < -0.4 is 5.32 Å². The summed E-state index contributed by atoms with van der Waals surface area (Å²) in [6.45, 7) is 3.58. The van der Waals surface area contributed by atoms with Crippen LogP contribution in [0.15, 0.2) is 24.3 Å². The van der Waals surface area contributed by atoms with Crippen molar-refractivity contribution in [2.45, 2.75) is 38.5 Å². The van der Waals surface area contributed by atoms with Crippen molar-refractivity contribution in [2.75, 3.05) is 0 Å². The summed E-state index contributed by atoms with van der Waals surface area (Å²) in [7, 11) is 0. The van der Waals surface area contributed by atoms with Crippen LogP contribution in [0.25, 0.3) is 0 Å². The van der Waals surface area contributed by atoms with Gasteiger partial charge in [-0.05, 0) is 25.0 Å². The molecule has 1 aromatic carbocycles. The van der Waals surface area contributed by atoms with Crippen LogP contribution in [-0.4, -0.2) is 23.4 Å². The summed E-state index contributed by atoms with van der Waals surface area (Å²) in [6, 6.07) is 7.36. The largest absolute Gasteiger partial charge is 0.447 e. The summed E-state index contributed by atoms with van der Waals surface area (Å²) >= 11 is 0. The smallest absolute Gasteiger partial charge is 0.407 e. The number of hydrogen-bond donors (Lipinski definition) is 2. The topological polar surface area (TPSA) is 58.6 Å². The number of ether oxygens (including phenoxy) is 1. The molecule has 1 aliphatic rings. The van der Waals surface area contributed by atoms with E-state index in [2.05, 4.69) is 5.32 Å². The predicted molar refractivity (Wildman–Crippen MR) is 63.6 cm³/mol. The van der Waals surface area contributed by atoms with Crippen LogP contribution in [0.1, 0.15) is 31.0 Å². The van der Waals surface area contributed by atoms with Crippen molar-refractivity contribution in [3.63, 3.8) is 0 Å². The Morgan fingerprint density at radius 1 is 1.47 bits per heavy atom. The number of carbonyl (C=O) groups is 1. The number of nitrogens with one attached hydrogen (secondary N) is 1. The van der Waals surface area contributed by atoms with Crippen LogP contribution in [0, 0.1) is 0 Å². The third-order valence-electron chi connectivity index (χ3n) is 2.82. The van der Waals surface area contributed by atoms with Gasteiger partial charge in [0, 0.05) is 6.42 Å². The zero-order chi connectivity index (χ0) is 12.4. The maximum atomic E-state index is 11.5. The average Bonchev–Trinajstić information content (AvgIpc) is 2.55. The second kappa shape index (κ2) is 4.75. The van der Waals surface area contributed by atoms with E-state index in [1.54, 1.807) is 13.8 Å². The molecule has 2 N–H and O–H groups in total. The van der Waals surface area contributed by atoms with Crippen LogP contribution in [0.4, 0.5) is 4.79 Å². The third kappa shape index (κ3) is 2.58. The zero-order valence-corrected chi connectivity index (χ0v) is 10.0. The molecule has 92 valence electrons. The first-order chi connectivity index (χ1) is 8.08. The van der Waals surface area contributed by atoms with E-state index >= 15 is 0 Å². The van der Waals surface area contributed by atoms with Gasteiger partial charge >= 0.3 is 6.09 Å². The SMILES string of the molecule is CC(C)OC(=O)N[C@@H]1c2ccccc2C[C@@H]1O. The molecule has 0 saturated heterocycles. The number of rotatable bonds is 2. The molecule has 0 spiro atoms. The third-order valence-corrected chi connectivity index (χ3v) is 2.82. The van der Waals surface area contributed by atoms with Crippen LogP contribution in [-0.2, 0) is 11.2 Å². The molecule has 0 heterocycles. The number of aliphatic hydroxyl groups excluding tert-OH is 1. The van der Waals surface area contributed by atoms with Gasteiger partial charge in [-0.2, -0.15) is 0 Å². The molecule has 2 atom stereocenters. The van der Waals surface area contributed by atoms with E-state index in [4.69, 9.17) is 4.74 Å². The van der Waals surface area contributed by atoms with Crippen LogP contribution in [0.5, 0.6) is 0 Å². The first-order valence-corrected chi connectivity index (χ1v) is 5.81. The van der Waals surface area contributed by atoms with Gasteiger partial charge in [-0.3, -0.25) is 0 Å². The van der Waals surface area contributed by atoms with Crippen molar-refractivity contribution in [1.82, 2.24) is 5.32 Å². The lowest BCUT2D eigenvalue weighted by Crippen LogP contribution is -2.35. The summed E-state index contributed by atoms with van der Waals surface area (Å²) in [5.41, 5.74) is 2.05. The Hall–Kier alpha value is -1.55. The minimum atomic E-state index is -0.577. The zero-order valence-electron chi connectivity index (χ0n) is 10.0. The number of amides is 1. The van der Waals surface area contributed by atoms with E-state index in [-0.39, 0.29) is 12.1 Å². The second-order valence-corrected chi connectivity index (χ2v) is 4.55. The van der Waals surface area contributed by atoms with Gasteiger partial charge in [0.25, 0.3) is 0 Å². The highest BCUT2D eigenvalue weighted by molar-refractivity contribution is 5.68. The van der Waals surface area contributed by atoms with Crippen molar-refractivity contribution in [1.29, 1.82) is 0 Å². The summed E-state index contributed by atoms with van der Waals surface area (Å²) < 4.78 is 5.01. The molecule has 4 heteroatoms. The second-order valence-electron chi connectivity index (χ2n) is 4.55. The molecule has 2 rings (SSSR count). The van der Waals surface area contributed by atoms with E-state index in [9.17, 15) is 9.90 Å². The maximum absolute atomic E-state index is 11.5. The van der Waals surface area contributed by atoms with E-state index in [1.165, 1.54) is 0 Å². The highest BCUT2D eigenvalue weighted by Crippen LogP contribution is 2.31. The summed E-state index contributed by atoms with van der Waals surface area (Å²) in [6.07, 6.45) is -0.653. The van der Waals surface area contributed by atoms with E-state index in [0.29, 0.717) is 6.42 Å². The number of fused-ring (bicyclic) bond motifs is 1. The minimum absolute atomic E-state index is 0.163. The van der Waals surface area contributed by atoms with Gasteiger partial charge in [-0.1, -0.05) is 24.3 Å². The normalized spacial score (nSPS) is 22.4. The summed E-state index contributed by atoms with van der Waals surface area (Å²) in [5, 5.41) is 12.6. The minimum Gasteiger partial charge on any atom is -0.447 e. The van der Waals surface area contributed by atoms with Crippen molar-refractivity contribution in [3.8, 4) is 0 Å². The molecule has 4 nitrogen and oxygen atoms in total. The molecule has 0 bridgehead atoms. The Balaban J connectivity index is 2.09. The van der Waals surface area contributed by atoms with Gasteiger partial charge in [0.15, 0.2) is 0 Å². The van der Waals surface area contributed by atoms with Gasteiger partial charge in [-0.25, -0.2) is 4.79 Å². The molecule has 1 aliphatic carbocycles. The number of carbonyl (C=O) groups excluding carboxylic acids is 1. The molecule has 0 aromatic heterocycles. The highest BCUT2D eigenvalue weighted by atomic mass is 16.6.